The number of rotatable bonds is 0. The summed E-state index contributed by atoms with van der Waals surface area (Å²) in [7, 11) is 0. The van der Waals surface area contributed by atoms with Crippen molar-refractivity contribution in [2.45, 2.75) is 76.6 Å². The van der Waals surface area contributed by atoms with E-state index in [0.29, 0.717) is 11.8 Å². The molecule has 0 aromatic carbocycles. The maximum Gasteiger partial charge on any atom is 0.172 e. The van der Waals surface area contributed by atoms with Gasteiger partial charge in [0.1, 0.15) is 5.60 Å². The van der Waals surface area contributed by atoms with Gasteiger partial charge in [0.25, 0.3) is 0 Å². The van der Waals surface area contributed by atoms with Gasteiger partial charge in [-0.3, -0.25) is 0 Å². The zero-order valence-electron chi connectivity index (χ0n) is 16.1. The SMILES string of the molecule is CC#C[C@@]1(O)CC[C@@H]2[C@@H]3CCC4=C(CCC5(C4)OCCO5)C3=CC[C@@]21C. The second-order valence-electron chi connectivity index (χ2n) is 9.17. The Kier molecular flexibility index (Phi) is 3.74. The van der Waals surface area contributed by atoms with Crippen molar-refractivity contribution >= 4 is 0 Å². The first kappa shape index (κ1) is 17.0. The first-order valence-corrected chi connectivity index (χ1v) is 10.4. The minimum absolute atomic E-state index is 0.101. The molecule has 0 radical (unpaired) electrons. The van der Waals surface area contributed by atoms with Gasteiger partial charge < -0.3 is 14.6 Å². The largest absolute Gasteiger partial charge is 0.377 e. The van der Waals surface area contributed by atoms with E-state index in [9.17, 15) is 5.11 Å². The summed E-state index contributed by atoms with van der Waals surface area (Å²) in [5, 5.41) is 11.3. The predicted molar refractivity (Wildman–Crippen MR) is 100 cm³/mol. The molecule has 140 valence electrons. The zero-order chi connectivity index (χ0) is 18.0. The van der Waals surface area contributed by atoms with Crippen LogP contribution in [-0.4, -0.2) is 29.7 Å². The molecular formula is C23H30O3. The first-order valence-electron chi connectivity index (χ1n) is 10.4. The molecule has 1 saturated carbocycles. The predicted octanol–water partition coefficient (Wildman–Crippen LogP) is 4.12. The molecule has 0 aromatic rings. The van der Waals surface area contributed by atoms with E-state index in [2.05, 4.69) is 24.8 Å². The lowest BCUT2D eigenvalue weighted by atomic mass is 9.56. The van der Waals surface area contributed by atoms with Crippen LogP contribution in [0.4, 0.5) is 0 Å². The molecule has 1 N–H and O–H groups in total. The molecule has 1 saturated heterocycles. The molecule has 4 aliphatic carbocycles. The van der Waals surface area contributed by atoms with Gasteiger partial charge in [0, 0.05) is 18.3 Å². The molecule has 26 heavy (non-hydrogen) atoms. The highest BCUT2D eigenvalue weighted by atomic mass is 16.7. The Morgan fingerprint density at radius 3 is 2.73 bits per heavy atom. The molecule has 3 nitrogen and oxygen atoms in total. The molecule has 0 amide bonds. The summed E-state index contributed by atoms with van der Waals surface area (Å²) in [4.78, 5) is 0. The van der Waals surface area contributed by atoms with Gasteiger partial charge >= 0.3 is 0 Å². The smallest absolute Gasteiger partial charge is 0.172 e. The van der Waals surface area contributed by atoms with Crippen LogP contribution in [0.5, 0.6) is 0 Å². The molecule has 2 fully saturated rings. The van der Waals surface area contributed by atoms with E-state index in [0.717, 1.165) is 58.2 Å². The molecule has 5 rings (SSSR count). The minimum Gasteiger partial charge on any atom is -0.377 e. The van der Waals surface area contributed by atoms with E-state index in [1.165, 1.54) is 6.42 Å². The lowest BCUT2D eigenvalue weighted by Gasteiger charge is -2.50. The van der Waals surface area contributed by atoms with Crippen LogP contribution >= 0.6 is 0 Å². The van der Waals surface area contributed by atoms with Gasteiger partial charge in [-0.25, -0.2) is 0 Å². The van der Waals surface area contributed by atoms with Crippen molar-refractivity contribution in [3.63, 3.8) is 0 Å². The highest BCUT2D eigenvalue weighted by Crippen LogP contribution is 2.62. The van der Waals surface area contributed by atoms with Gasteiger partial charge in [0.15, 0.2) is 5.79 Å². The van der Waals surface area contributed by atoms with Gasteiger partial charge in [-0.1, -0.05) is 24.5 Å². The number of hydrogen-bond donors (Lipinski definition) is 1. The Morgan fingerprint density at radius 1 is 1.15 bits per heavy atom. The topological polar surface area (TPSA) is 38.7 Å². The highest BCUT2D eigenvalue weighted by molar-refractivity contribution is 5.45. The van der Waals surface area contributed by atoms with Crippen LogP contribution in [0.15, 0.2) is 22.8 Å². The third kappa shape index (κ3) is 2.19. The Hall–Kier alpha value is -1.08. The molecule has 5 aliphatic rings. The van der Waals surface area contributed by atoms with Gasteiger partial charge in [0.2, 0.25) is 0 Å². The van der Waals surface area contributed by atoms with Gasteiger partial charge in [-0.2, -0.15) is 0 Å². The molecule has 1 spiro atoms. The van der Waals surface area contributed by atoms with E-state index in [4.69, 9.17) is 9.47 Å². The first-order chi connectivity index (χ1) is 12.5. The van der Waals surface area contributed by atoms with E-state index < -0.39 is 5.60 Å². The summed E-state index contributed by atoms with van der Waals surface area (Å²) in [6, 6.07) is 0. The average molecular weight is 354 g/mol. The number of aliphatic hydroxyl groups is 1. The normalized spacial score (nSPS) is 43.3. The van der Waals surface area contributed by atoms with Crippen molar-refractivity contribution in [3.8, 4) is 11.8 Å². The fourth-order valence-electron chi connectivity index (χ4n) is 6.72. The minimum atomic E-state index is -0.814. The fraction of sp³-hybridized carbons (Fsp3) is 0.739. The Labute approximate surface area is 156 Å². The second kappa shape index (κ2) is 5.71. The quantitative estimate of drug-likeness (QED) is 0.665. The van der Waals surface area contributed by atoms with E-state index in [1.54, 1.807) is 16.7 Å². The summed E-state index contributed by atoms with van der Waals surface area (Å²) in [6.07, 6.45) is 10.7. The van der Waals surface area contributed by atoms with Crippen LogP contribution in [0.1, 0.15) is 65.2 Å². The number of allylic oxidation sites excluding steroid dienone is 3. The van der Waals surface area contributed by atoms with Crippen molar-refractivity contribution in [2.24, 2.45) is 17.3 Å². The summed E-state index contributed by atoms with van der Waals surface area (Å²) in [5.41, 5.74) is 3.85. The maximum absolute atomic E-state index is 11.3. The van der Waals surface area contributed by atoms with Gasteiger partial charge in [0.05, 0.1) is 13.2 Å². The average Bonchev–Trinajstić information content (AvgIpc) is 3.18. The van der Waals surface area contributed by atoms with E-state index in [1.807, 2.05) is 6.92 Å². The van der Waals surface area contributed by atoms with Crippen molar-refractivity contribution in [1.29, 1.82) is 0 Å². The van der Waals surface area contributed by atoms with E-state index >= 15 is 0 Å². The van der Waals surface area contributed by atoms with E-state index in [-0.39, 0.29) is 11.2 Å². The highest BCUT2D eigenvalue weighted by Gasteiger charge is 2.60. The third-order valence-corrected chi connectivity index (χ3v) is 8.13. The van der Waals surface area contributed by atoms with Crippen LogP contribution in [-0.2, 0) is 9.47 Å². The summed E-state index contributed by atoms with van der Waals surface area (Å²) >= 11 is 0. The Morgan fingerprint density at radius 2 is 1.96 bits per heavy atom. The molecule has 0 aromatic heterocycles. The van der Waals surface area contributed by atoms with Crippen LogP contribution in [0.2, 0.25) is 0 Å². The molecular weight excluding hydrogens is 324 g/mol. The molecule has 0 unspecified atom stereocenters. The van der Waals surface area contributed by atoms with Crippen LogP contribution in [0.25, 0.3) is 0 Å². The zero-order valence-corrected chi connectivity index (χ0v) is 16.1. The summed E-state index contributed by atoms with van der Waals surface area (Å²) < 4.78 is 12.0. The lowest BCUT2D eigenvalue weighted by Crippen LogP contribution is -2.48. The summed E-state index contributed by atoms with van der Waals surface area (Å²) in [5.74, 6) is 7.00. The molecule has 3 heteroatoms. The monoisotopic (exact) mass is 354 g/mol. The lowest BCUT2D eigenvalue weighted by molar-refractivity contribution is -0.164. The Bertz CT molecular complexity index is 745. The van der Waals surface area contributed by atoms with Crippen molar-refractivity contribution in [3.05, 3.63) is 22.8 Å². The molecule has 1 aliphatic heterocycles. The Balaban J connectivity index is 1.48. The van der Waals surface area contributed by atoms with Crippen molar-refractivity contribution in [1.82, 2.24) is 0 Å². The molecule has 1 heterocycles. The van der Waals surface area contributed by atoms with Crippen LogP contribution < -0.4 is 0 Å². The van der Waals surface area contributed by atoms with Gasteiger partial charge in [-0.05, 0) is 68.4 Å². The second-order valence-corrected chi connectivity index (χ2v) is 9.17. The standard InChI is InChI=1S/C23H30O3/c1-3-9-22(24)11-8-20-19-5-4-16-15-23(25-13-14-26-23)12-7-17(16)18(19)6-10-21(20,22)2/h6,19-20,24H,4-5,7-8,10-15H2,1-2H3/t19-,20-,21+,22-/m1/s1. The number of hydrogen-bond acceptors (Lipinski definition) is 3. The van der Waals surface area contributed by atoms with Crippen LogP contribution in [0.3, 0.4) is 0 Å². The van der Waals surface area contributed by atoms with Crippen molar-refractivity contribution in [2.75, 3.05) is 13.2 Å². The van der Waals surface area contributed by atoms with Crippen molar-refractivity contribution < 1.29 is 14.6 Å². The number of fused-ring (bicyclic) bond motifs is 4. The van der Waals surface area contributed by atoms with Crippen LogP contribution in [0, 0.1) is 29.1 Å². The third-order valence-electron chi connectivity index (χ3n) is 8.13. The fourth-order valence-corrected chi connectivity index (χ4v) is 6.72. The summed E-state index contributed by atoms with van der Waals surface area (Å²) in [6.45, 7) is 5.61. The number of ether oxygens (including phenoxy) is 2. The maximum atomic E-state index is 11.3. The molecule has 4 atom stereocenters. The molecule has 0 bridgehead atoms. The van der Waals surface area contributed by atoms with Gasteiger partial charge in [-0.15, -0.1) is 5.92 Å².